The second-order valence-electron chi connectivity index (χ2n) is 9.02. The molecule has 1 aliphatic heterocycles. The number of carbonyl (C=O) groups excluding carboxylic acids is 1. The maximum atomic E-state index is 12.5. The second kappa shape index (κ2) is 9.70. The quantitative estimate of drug-likeness (QED) is 0.743. The molecule has 6 nitrogen and oxygen atoms in total. The predicted octanol–water partition coefficient (Wildman–Crippen LogP) is 2.21. The van der Waals surface area contributed by atoms with Gasteiger partial charge in [-0.05, 0) is 50.4 Å². The average Bonchev–Trinajstić information content (AvgIpc) is 2.64. The van der Waals surface area contributed by atoms with E-state index in [0.29, 0.717) is 19.0 Å². The summed E-state index contributed by atoms with van der Waals surface area (Å²) in [5.74, 6) is 0.840. The molecule has 2 saturated carbocycles. The lowest BCUT2D eigenvalue weighted by atomic mass is 9.88. The number of nitrogens with zero attached hydrogens (tertiary/aromatic N) is 2. The molecule has 0 aromatic rings. The molecule has 2 aliphatic carbocycles. The Labute approximate surface area is 165 Å². The van der Waals surface area contributed by atoms with Gasteiger partial charge in [0.15, 0.2) is 0 Å². The maximum Gasteiger partial charge on any atom is 0.239 e. The minimum absolute atomic E-state index is 0.00587. The molecule has 1 amide bonds. The highest BCUT2D eigenvalue weighted by Gasteiger charge is 2.29. The van der Waals surface area contributed by atoms with E-state index >= 15 is 0 Å². The minimum atomic E-state index is -3.54. The summed E-state index contributed by atoms with van der Waals surface area (Å²) in [5, 5.41) is 0. The number of hydrogen-bond acceptors (Lipinski definition) is 4. The first-order chi connectivity index (χ1) is 12.9. The van der Waals surface area contributed by atoms with E-state index in [1.54, 1.807) is 4.90 Å². The van der Waals surface area contributed by atoms with E-state index < -0.39 is 15.8 Å². The minimum Gasteiger partial charge on any atom is -0.339 e. The highest BCUT2D eigenvalue weighted by atomic mass is 32.2. The highest BCUT2D eigenvalue weighted by Crippen LogP contribution is 2.25. The Morgan fingerprint density at radius 2 is 1.56 bits per heavy atom. The van der Waals surface area contributed by atoms with Gasteiger partial charge in [-0.3, -0.25) is 9.69 Å². The van der Waals surface area contributed by atoms with Crippen LogP contribution in [0.3, 0.4) is 0 Å². The van der Waals surface area contributed by atoms with Crippen molar-refractivity contribution in [3.63, 3.8) is 0 Å². The molecule has 1 N–H and O–H groups in total. The van der Waals surface area contributed by atoms with Gasteiger partial charge in [-0.1, -0.05) is 26.2 Å². The Morgan fingerprint density at radius 3 is 2.19 bits per heavy atom. The molecule has 0 spiro atoms. The first-order valence-electron chi connectivity index (χ1n) is 10.9. The molecule has 156 valence electrons. The lowest BCUT2D eigenvalue weighted by Crippen LogP contribution is -2.52. The number of rotatable bonds is 6. The van der Waals surface area contributed by atoms with Crippen molar-refractivity contribution in [2.24, 2.45) is 11.8 Å². The molecule has 0 aromatic carbocycles. The molecule has 1 heterocycles. The Bertz CT molecular complexity index is 573. The summed E-state index contributed by atoms with van der Waals surface area (Å²) in [6, 6.07) is 0.00587. The van der Waals surface area contributed by atoms with E-state index in [1.807, 2.05) is 0 Å². The van der Waals surface area contributed by atoms with Gasteiger partial charge in [0.1, 0.15) is 5.75 Å². The Morgan fingerprint density at radius 1 is 0.926 bits per heavy atom. The molecular weight excluding hydrogens is 362 g/mol. The molecule has 0 unspecified atom stereocenters. The van der Waals surface area contributed by atoms with Gasteiger partial charge in [-0.2, -0.15) is 0 Å². The second-order valence-corrected chi connectivity index (χ2v) is 10.8. The highest BCUT2D eigenvalue weighted by molar-refractivity contribution is 7.90. The van der Waals surface area contributed by atoms with E-state index in [9.17, 15) is 13.2 Å². The standard InChI is InChI=1S/C20H37N3O3S/c1-17-7-9-19(10-8-17)21-27(25,26)16-20(24)23-13-11-22(12-14-23)15-18-5-3-2-4-6-18/h17-19,21H,2-16H2,1H3. The van der Waals surface area contributed by atoms with Gasteiger partial charge < -0.3 is 4.90 Å². The van der Waals surface area contributed by atoms with Crippen molar-refractivity contribution in [3.8, 4) is 0 Å². The molecule has 3 rings (SSSR count). The maximum absolute atomic E-state index is 12.5. The summed E-state index contributed by atoms with van der Waals surface area (Å²) in [5.41, 5.74) is 0. The summed E-state index contributed by atoms with van der Waals surface area (Å²) in [6.45, 7) is 6.40. The fourth-order valence-electron chi connectivity index (χ4n) is 4.84. The summed E-state index contributed by atoms with van der Waals surface area (Å²) < 4.78 is 27.5. The molecule has 0 radical (unpaired) electrons. The monoisotopic (exact) mass is 399 g/mol. The van der Waals surface area contributed by atoms with Crippen LogP contribution in [0, 0.1) is 11.8 Å². The molecule has 7 heteroatoms. The van der Waals surface area contributed by atoms with Crippen molar-refractivity contribution >= 4 is 15.9 Å². The van der Waals surface area contributed by atoms with E-state index in [0.717, 1.165) is 51.2 Å². The topological polar surface area (TPSA) is 69.7 Å². The van der Waals surface area contributed by atoms with Gasteiger partial charge in [0.05, 0.1) is 0 Å². The summed E-state index contributed by atoms with van der Waals surface area (Å²) in [4.78, 5) is 16.7. The van der Waals surface area contributed by atoms with Crippen LogP contribution in [0.4, 0.5) is 0 Å². The van der Waals surface area contributed by atoms with Crippen LogP contribution in [0.1, 0.15) is 64.7 Å². The summed E-state index contributed by atoms with van der Waals surface area (Å²) in [6.07, 6.45) is 10.6. The predicted molar refractivity (Wildman–Crippen MR) is 108 cm³/mol. The van der Waals surface area contributed by atoms with Crippen LogP contribution in [0.2, 0.25) is 0 Å². The fraction of sp³-hybridized carbons (Fsp3) is 0.950. The van der Waals surface area contributed by atoms with Gasteiger partial charge in [0.25, 0.3) is 0 Å². The largest absolute Gasteiger partial charge is 0.339 e. The first-order valence-corrected chi connectivity index (χ1v) is 12.6. The third kappa shape index (κ3) is 6.71. The summed E-state index contributed by atoms with van der Waals surface area (Å²) >= 11 is 0. The van der Waals surface area contributed by atoms with E-state index in [2.05, 4.69) is 16.5 Å². The molecule has 0 bridgehead atoms. The zero-order valence-corrected chi connectivity index (χ0v) is 17.7. The number of nitrogens with one attached hydrogen (secondary N) is 1. The zero-order chi connectivity index (χ0) is 19.3. The lowest BCUT2D eigenvalue weighted by molar-refractivity contribution is -0.130. The van der Waals surface area contributed by atoms with Crippen molar-refractivity contribution in [2.45, 2.75) is 70.8 Å². The number of piperazine rings is 1. The normalized spacial score (nSPS) is 29.0. The summed E-state index contributed by atoms with van der Waals surface area (Å²) in [7, 11) is -3.54. The van der Waals surface area contributed by atoms with Crippen molar-refractivity contribution in [3.05, 3.63) is 0 Å². The van der Waals surface area contributed by atoms with Crippen LogP contribution in [0.5, 0.6) is 0 Å². The molecule has 0 atom stereocenters. The van der Waals surface area contributed by atoms with Gasteiger partial charge in [-0.25, -0.2) is 13.1 Å². The fourth-order valence-corrected chi connectivity index (χ4v) is 6.18. The molecule has 1 saturated heterocycles. The Kier molecular flexibility index (Phi) is 7.57. The molecular formula is C20H37N3O3S. The molecule has 0 aromatic heterocycles. The van der Waals surface area contributed by atoms with E-state index in [4.69, 9.17) is 0 Å². The third-order valence-corrected chi connectivity index (χ3v) is 7.96. The van der Waals surface area contributed by atoms with Crippen LogP contribution in [-0.2, 0) is 14.8 Å². The van der Waals surface area contributed by atoms with Gasteiger partial charge >= 0.3 is 0 Å². The van der Waals surface area contributed by atoms with Crippen molar-refractivity contribution in [1.29, 1.82) is 0 Å². The lowest BCUT2D eigenvalue weighted by Gasteiger charge is -2.37. The SMILES string of the molecule is CC1CCC(NS(=O)(=O)CC(=O)N2CCN(CC3CCCCC3)CC2)CC1. The van der Waals surface area contributed by atoms with Crippen LogP contribution in [-0.4, -0.2) is 68.6 Å². The average molecular weight is 400 g/mol. The molecule has 27 heavy (non-hydrogen) atoms. The third-order valence-electron chi connectivity index (χ3n) is 6.64. The smallest absolute Gasteiger partial charge is 0.239 e. The van der Waals surface area contributed by atoms with Crippen molar-refractivity contribution in [2.75, 3.05) is 38.5 Å². The molecule has 3 aliphatic rings. The number of amides is 1. The number of sulfonamides is 1. The number of hydrogen-bond donors (Lipinski definition) is 1. The van der Waals surface area contributed by atoms with Crippen molar-refractivity contribution < 1.29 is 13.2 Å². The van der Waals surface area contributed by atoms with Crippen LogP contribution in [0.25, 0.3) is 0 Å². The van der Waals surface area contributed by atoms with Gasteiger partial charge in [0, 0.05) is 38.8 Å². The van der Waals surface area contributed by atoms with Gasteiger partial charge in [0.2, 0.25) is 15.9 Å². The van der Waals surface area contributed by atoms with Crippen LogP contribution < -0.4 is 4.72 Å². The van der Waals surface area contributed by atoms with Crippen LogP contribution >= 0.6 is 0 Å². The Balaban J connectivity index is 1.39. The molecule has 3 fully saturated rings. The number of carbonyl (C=O) groups is 1. The van der Waals surface area contributed by atoms with Crippen LogP contribution in [0.15, 0.2) is 0 Å². The van der Waals surface area contributed by atoms with Gasteiger partial charge in [-0.15, -0.1) is 0 Å². The first kappa shape index (κ1) is 21.1. The van der Waals surface area contributed by atoms with E-state index in [1.165, 1.54) is 32.1 Å². The Hall–Kier alpha value is -0.660. The van der Waals surface area contributed by atoms with E-state index in [-0.39, 0.29) is 11.9 Å². The van der Waals surface area contributed by atoms with Crippen molar-refractivity contribution in [1.82, 2.24) is 14.5 Å². The zero-order valence-electron chi connectivity index (χ0n) is 16.9.